The van der Waals surface area contributed by atoms with Crippen molar-refractivity contribution in [2.24, 2.45) is 0 Å². The molecular weight excluding hydrogens is 400 g/mol. The topological polar surface area (TPSA) is 73.5 Å². The largest absolute Gasteiger partial charge is 0.356 e. The number of nitrogens with zero attached hydrogens (tertiary/aromatic N) is 1. The molecule has 1 saturated heterocycles. The minimum atomic E-state index is -0.338. The van der Waals surface area contributed by atoms with Crippen molar-refractivity contribution in [3.8, 4) is 0 Å². The van der Waals surface area contributed by atoms with E-state index in [0.717, 1.165) is 17.1 Å². The molecule has 1 atom stereocenters. The predicted molar refractivity (Wildman–Crippen MR) is 121 cm³/mol. The summed E-state index contributed by atoms with van der Waals surface area (Å²) >= 11 is 5.91. The SMILES string of the molecule is O=C(Nc1ccc(Nc2ccccc2)cc1)NC1CC(=O)N(c2ccc(Cl)cc2)C1. The first kappa shape index (κ1) is 19.8. The van der Waals surface area contributed by atoms with Gasteiger partial charge in [0.25, 0.3) is 0 Å². The minimum Gasteiger partial charge on any atom is -0.356 e. The third kappa shape index (κ3) is 4.90. The molecule has 0 bridgehead atoms. The van der Waals surface area contributed by atoms with E-state index in [0.29, 0.717) is 17.3 Å². The van der Waals surface area contributed by atoms with Crippen LogP contribution in [0.2, 0.25) is 5.02 Å². The van der Waals surface area contributed by atoms with Crippen molar-refractivity contribution < 1.29 is 9.59 Å². The average Bonchev–Trinajstić information content (AvgIpc) is 3.10. The van der Waals surface area contributed by atoms with Crippen LogP contribution in [0.1, 0.15) is 6.42 Å². The highest BCUT2D eigenvalue weighted by atomic mass is 35.5. The van der Waals surface area contributed by atoms with Crippen molar-refractivity contribution >= 4 is 46.3 Å². The first-order valence-corrected chi connectivity index (χ1v) is 10.0. The van der Waals surface area contributed by atoms with E-state index in [9.17, 15) is 9.59 Å². The molecule has 1 heterocycles. The van der Waals surface area contributed by atoms with Gasteiger partial charge in [0, 0.05) is 40.7 Å². The Bertz CT molecular complexity index is 1020. The summed E-state index contributed by atoms with van der Waals surface area (Å²) < 4.78 is 0. The first-order chi connectivity index (χ1) is 14.6. The summed E-state index contributed by atoms with van der Waals surface area (Å²) in [5.41, 5.74) is 3.36. The van der Waals surface area contributed by atoms with Crippen LogP contribution in [-0.2, 0) is 4.79 Å². The summed E-state index contributed by atoms with van der Waals surface area (Å²) in [7, 11) is 0. The van der Waals surface area contributed by atoms with Crippen LogP contribution in [0.3, 0.4) is 0 Å². The van der Waals surface area contributed by atoms with Gasteiger partial charge >= 0.3 is 6.03 Å². The molecule has 1 unspecified atom stereocenters. The van der Waals surface area contributed by atoms with Crippen LogP contribution in [0.4, 0.5) is 27.5 Å². The molecule has 1 fully saturated rings. The van der Waals surface area contributed by atoms with Gasteiger partial charge in [-0.2, -0.15) is 0 Å². The number of hydrogen-bond donors (Lipinski definition) is 3. The van der Waals surface area contributed by atoms with Crippen molar-refractivity contribution in [3.05, 3.63) is 83.9 Å². The van der Waals surface area contributed by atoms with Gasteiger partial charge < -0.3 is 20.9 Å². The number of amides is 3. The van der Waals surface area contributed by atoms with Crippen molar-refractivity contribution in [2.45, 2.75) is 12.5 Å². The number of benzene rings is 3. The van der Waals surface area contributed by atoms with Gasteiger partial charge in [0.1, 0.15) is 0 Å². The van der Waals surface area contributed by atoms with Gasteiger partial charge in [-0.15, -0.1) is 0 Å². The number of carbonyl (C=O) groups is 2. The summed E-state index contributed by atoms with van der Waals surface area (Å²) in [4.78, 5) is 26.3. The minimum absolute atomic E-state index is 0.0287. The zero-order chi connectivity index (χ0) is 20.9. The number of para-hydroxylation sites is 1. The zero-order valence-corrected chi connectivity index (χ0v) is 16.9. The fourth-order valence-corrected chi connectivity index (χ4v) is 3.48. The molecule has 4 rings (SSSR count). The molecule has 0 aromatic heterocycles. The van der Waals surface area contributed by atoms with Crippen LogP contribution in [0.25, 0.3) is 0 Å². The van der Waals surface area contributed by atoms with Crippen molar-refractivity contribution in [1.29, 1.82) is 0 Å². The van der Waals surface area contributed by atoms with Gasteiger partial charge in [0.05, 0.1) is 6.04 Å². The number of carbonyl (C=O) groups excluding carboxylic acids is 2. The van der Waals surface area contributed by atoms with E-state index < -0.39 is 0 Å². The Morgan fingerprint density at radius 2 is 1.50 bits per heavy atom. The van der Waals surface area contributed by atoms with E-state index in [4.69, 9.17) is 11.6 Å². The van der Waals surface area contributed by atoms with Crippen LogP contribution in [0.5, 0.6) is 0 Å². The highest BCUT2D eigenvalue weighted by Gasteiger charge is 2.31. The average molecular weight is 421 g/mol. The molecule has 1 aliphatic heterocycles. The Morgan fingerprint density at radius 1 is 0.867 bits per heavy atom. The number of nitrogens with one attached hydrogen (secondary N) is 3. The smallest absolute Gasteiger partial charge is 0.319 e. The van der Waals surface area contributed by atoms with E-state index >= 15 is 0 Å². The molecule has 0 radical (unpaired) electrons. The van der Waals surface area contributed by atoms with Crippen molar-refractivity contribution in [3.63, 3.8) is 0 Å². The number of rotatable bonds is 5. The van der Waals surface area contributed by atoms with Gasteiger partial charge in [-0.3, -0.25) is 4.79 Å². The van der Waals surface area contributed by atoms with E-state index in [-0.39, 0.29) is 24.4 Å². The zero-order valence-electron chi connectivity index (χ0n) is 16.1. The Hall–Kier alpha value is -3.51. The molecule has 3 aromatic rings. The fraction of sp³-hybridized carbons (Fsp3) is 0.130. The maximum Gasteiger partial charge on any atom is 0.319 e. The third-order valence-corrected chi connectivity index (χ3v) is 5.06. The molecule has 3 amide bonds. The van der Waals surface area contributed by atoms with Gasteiger partial charge in [-0.1, -0.05) is 29.8 Å². The van der Waals surface area contributed by atoms with Crippen LogP contribution >= 0.6 is 11.6 Å². The lowest BCUT2D eigenvalue weighted by Gasteiger charge is -2.17. The summed E-state index contributed by atoms with van der Waals surface area (Å²) in [5.74, 6) is -0.0287. The van der Waals surface area contributed by atoms with E-state index in [2.05, 4.69) is 16.0 Å². The highest BCUT2D eigenvalue weighted by molar-refractivity contribution is 6.30. The van der Waals surface area contributed by atoms with Gasteiger partial charge in [0.15, 0.2) is 0 Å². The Kier molecular flexibility index (Phi) is 5.86. The Labute approximate surface area is 179 Å². The molecular formula is C23H21ClN4O2. The number of hydrogen-bond acceptors (Lipinski definition) is 3. The fourth-order valence-electron chi connectivity index (χ4n) is 3.35. The molecule has 6 nitrogen and oxygen atoms in total. The van der Waals surface area contributed by atoms with Crippen LogP contribution in [0.15, 0.2) is 78.9 Å². The lowest BCUT2D eigenvalue weighted by Crippen LogP contribution is -2.39. The van der Waals surface area contributed by atoms with E-state index in [1.54, 1.807) is 29.2 Å². The lowest BCUT2D eigenvalue weighted by atomic mass is 10.2. The number of anilines is 4. The van der Waals surface area contributed by atoms with E-state index in [1.165, 1.54) is 0 Å². The second-order valence-corrected chi connectivity index (χ2v) is 7.49. The van der Waals surface area contributed by atoms with E-state index in [1.807, 2.05) is 54.6 Å². The normalized spacial score (nSPS) is 15.7. The van der Waals surface area contributed by atoms with Gasteiger partial charge in [0.2, 0.25) is 5.91 Å². The Morgan fingerprint density at radius 3 is 2.20 bits per heavy atom. The molecule has 1 aliphatic rings. The molecule has 152 valence electrons. The molecule has 0 saturated carbocycles. The second kappa shape index (κ2) is 8.88. The molecule has 3 N–H and O–H groups in total. The van der Waals surface area contributed by atoms with Gasteiger partial charge in [-0.05, 0) is 60.7 Å². The van der Waals surface area contributed by atoms with Crippen LogP contribution < -0.4 is 20.9 Å². The quantitative estimate of drug-likeness (QED) is 0.543. The molecule has 30 heavy (non-hydrogen) atoms. The van der Waals surface area contributed by atoms with Gasteiger partial charge in [-0.25, -0.2) is 4.79 Å². The maximum atomic E-state index is 12.4. The monoisotopic (exact) mass is 420 g/mol. The summed E-state index contributed by atoms with van der Waals surface area (Å²) in [6.07, 6.45) is 0.260. The molecule has 0 spiro atoms. The maximum absolute atomic E-state index is 12.4. The summed E-state index contributed by atoms with van der Waals surface area (Å²) in [5, 5.41) is 9.59. The molecule has 3 aromatic carbocycles. The number of halogens is 1. The molecule has 0 aliphatic carbocycles. The predicted octanol–water partition coefficient (Wildman–Crippen LogP) is 5.01. The second-order valence-electron chi connectivity index (χ2n) is 7.05. The summed E-state index contributed by atoms with van der Waals surface area (Å²) in [6.45, 7) is 0.424. The van der Waals surface area contributed by atoms with Crippen LogP contribution in [0, 0.1) is 0 Å². The lowest BCUT2D eigenvalue weighted by molar-refractivity contribution is -0.117. The third-order valence-electron chi connectivity index (χ3n) is 4.80. The number of urea groups is 1. The first-order valence-electron chi connectivity index (χ1n) is 9.62. The van der Waals surface area contributed by atoms with Crippen molar-refractivity contribution in [1.82, 2.24) is 5.32 Å². The standard InChI is InChI=1S/C23H21ClN4O2/c24-16-6-12-21(13-7-16)28-15-20(14-22(28)29)27-23(30)26-19-10-8-18(9-11-19)25-17-4-2-1-3-5-17/h1-13,20,25H,14-15H2,(H2,26,27,30). The van der Waals surface area contributed by atoms with Crippen LogP contribution in [-0.4, -0.2) is 24.5 Å². The highest BCUT2D eigenvalue weighted by Crippen LogP contribution is 2.23. The Balaban J connectivity index is 1.30. The van der Waals surface area contributed by atoms with Crippen molar-refractivity contribution in [2.75, 3.05) is 22.1 Å². The molecule has 7 heteroatoms. The summed E-state index contributed by atoms with van der Waals surface area (Å²) in [6, 6.07) is 23.8.